The zero-order chi connectivity index (χ0) is 18.7. The third kappa shape index (κ3) is 3.97. The summed E-state index contributed by atoms with van der Waals surface area (Å²) in [6.45, 7) is 4.87. The summed E-state index contributed by atoms with van der Waals surface area (Å²) < 4.78 is 28.2. The molecule has 0 aliphatic carbocycles. The number of hydrogen-bond donors (Lipinski definition) is 1. The highest BCUT2D eigenvalue weighted by molar-refractivity contribution is 7.89. The largest absolute Gasteiger partial charge is 0.338 e. The number of nitrogens with zero attached hydrogens (tertiary/aromatic N) is 1. The van der Waals surface area contributed by atoms with Crippen molar-refractivity contribution < 1.29 is 13.2 Å². The Balaban J connectivity index is 1.79. The summed E-state index contributed by atoms with van der Waals surface area (Å²) in [6, 6.07) is 14.4. The topological polar surface area (TPSA) is 66.5 Å². The lowest BCUT2D eigenvalue weighted by Gasteiger charge is -2.29. The molecule has 0 saturated carbocycles. The number of rotatable bonds is 5. The van der Waals surface area contributed by atoms with Gasteiger partial charge in [0.05, 0.1) is 4.90 Å². The van der Waals surface area contributed by atoms with Crippen LogP contribution in [-0.4, -0.2) is 25.8 Å². The molecule has 2 aromatic carbocycles. The second kappa shape index (κ2) is 7.60. The number of sulfonamides is 1. The highest BCUT2D eigenvalue weighted by Gasteiger charge is 2.23. The number of amides is 1. The molecular weight excluding hydrogens is 348 g/mol. The lowest BCUT2D eigenvalue weighted by atomic mass is 10.00. The maximum Gasteiger partial charge on any atom is 0.241 e. The first kappa shape index (κ1) is 18.6. The van der Waals surface area contributed by atoms with Crippen molar-refractivity contribution in [1.82, 2.24) is 9.62 Å². The van der Waals surface area contributed by atoms with Crippen LogP contribution in [0.1, 0.15) is 43.0 Å². The van der Waals surface area contributed by atoms with E-state index in [9.17, 15) is 13.2 Å². The van der Waals surface area contributed by atoms with E-state index < -0.39 is 10.0 Å². The average molecular weight is 372 g/mol. The van der Waals surface area contributed by atoms with Gasteiger partial charge in [-0.25, -0.2) is 13.1 Å². The molecule has 138 valence electrons. The van der Waals surface area contributed by atoms with Crippen molar-refractivity contribution in [3.05, 3.63) is 65.2 Å². The van der Waals surface area contributed by atoms with E-state index in [2.05, 4.69) is 4.72 Å². The molecule has 3 rings (SSSR count). The molecule has 1 atom stereocenters. The van der Waals surface area contributed by atoms with Gasteiger partial charge in [0.1, 0.15) is 0 Å². The minimum atomic E-state index is -3.61. The Morgan fingerprint density at radius 3 is 2.58 bits per heavy atom. The van der Waals surface area contributed by atoms with Crippen molar-refractivity contribution >= 4 is 15.9 Å². The number of fused-ring (bicyclic) bond motifs is 1. The van der Waals surface area contributed by atoms with Crippen molar-refractivity contribution in [1.29, 1.82) is 0 Å². The molecule has 1 N–H and O–H groups in total. The summed E-state index contributed by atoms with van der Waals surface area (Å²) in [7, 11) is -3.61. The van der Waals surface area contributed by atoms with E-state index in [4.69, 9.17) is 0 Å². The molecule has 5 nitrogen and oxygen atoms in total. The fourth-order valence-corrected chi connectivity index (χ4v) is 4.53. The normalized spacial score (nSPS) is 15.4. The van der Waals surface area contributed by atoms with Gasteiger partial charge in [0.15, 0.2) is 0 Å². The molecular formula is C20H24N2O3S. The van der Waals surface area contributed by atoms with Crippen LogP contribution in [0, 0.1) is 0 Å². The van der Waals surface area contributed by atoms with Gasteiger partial charge in [-0.2, -0.15) is 0 Å². The third-order valence-electron chi connectivity index (χ3n) is 4.79. The van der Waals surface area contributed by atoms with Crippen LogP contribution in [0.15, 0.2) is 53.4 Å². The Morgan fingerprint density at radius 1 is 1.15 bits per heavy atom. The quantitative estimate of drug-likeness (QED) is 0.877. The maximum atomic E-state index is 12.7. The standard InChI is InChI=1S/C20H24N2O3S/c1-3-20(23)22-12-11-17-13-19(10-9-18(17)14-22)26(24,25)21-15(2)16-7-5-4-6-8-16/h4-10,13,15,21H,3,11-12,14H2,1-2H3. The summed E-state index contributed by atoms with van der Waals surface area (Å²) in [5, 5.41) is 0. The Morgan fingerprint density at radius 2 is 1.88 bits per heavy atom. The fraction of sp³-hybridized carbons (Fsp3) is 0.350. The first-order valence-corrected chi connectivity index (χ1v) is 10.4. The number of carbonyl (C=O) groups is 1. The number of carbonyl (C=O) groups excluding carboxylic acids is 1. The predicted octanol–water partition coefficient (Wildman–Crippen LogP) is 3.02. The molecule has 0 fully saturated rings. The lowest BCUT2D eigenvalue weighted by Crippen LogP contribution is -2.35. The van der Waals surface area contributed by atoms with E-state index in [1.165, 1.54) is 0 Å². The number of hydrogen-bond acceptors (Lipinski definition) is 3. The third-order valence-corrected chi connectivity index (χ3v) is 6.33. The predicted molar refractivity (Wildman–Crippen MR) is 101 cm³/mol. The Kier molecular flexibility index (Phi) is 5.44. The Hall–Kier alpha value is -2.18. The van der Waals surface area contributed by atoms with Gasteiger partial charge in [-0.3, -0.25) is 4.79 Å². The van der Waals surface area contributed by atoms with Crippen LogP contribution in [0.2, 0.25) is 0 Å². The summed E-state index contributed by atoms with van der Waals surface area (Å²) in [4.78, 5) is 14.0. The lowest BCUT2D eigenvalue weighted by molar-refractivity contribution is -0.131. The van der Waals surface area contributed by atoms with E-state index in [0.29, 0.717) is 25.9 Å². The Labute approximate surface area is 155 Å². The van der Waals surface area contributed by atoms with Crippen LogP contribution in [0.4, 0.5) is 0 Å². The summed E-state index contributed by atoms with van der Waals surface area (Å²) in [5.41, 5.74) is 2.94. The molecule has 0 saturated heterocycles. The monoisotopic (exact) mass is 372 g/mol. The highest BCUT2D eigenvalue weighted by atomic mass is 32.2. The zero-order valence-corrected chi connectivity index (χ0v) is 15.9. The van der Waals surface area contributed by atoms with Crippen molar-refractivity contribution in [2.45, 2.75) is 44.2 Å². The maximum absolute atomic E-state index is 12.7. The summed E-state index contributed by atoms with van der Waals surface area (Å²) in [6.07, 6.45) is 1.17. The second-order valence-electron chi connectivity index (χ2n) is 6.60. The number of nitrogens with one attached hydrogen (secondary N) is 1. The first-order valence-electron chi connectivity index (χ1n) is 8.87. The van der Waals surface area contributed by atoms with Crippen LogP contribution >= 0.6 is 0 Å². The van der Waals surface area contributed by atoms with Gasteiger partial charge < -0.3 is 4.90 Å². The first-order chi connectivity index (χ1) is 12.4. The van der Waals surface area contributed by atoms with Gasteiger partial charge in [-0.05, 0) is 42.2 Å². The van der Waals surface area contributed by atoms with E-state index >= 15 is 0 Å². The second-order valence-corrected chi connectivity index (χ2v) is 8.32. The van der Waals surface area contributed by atoms with Gasteiger partial charge in [-0.15, -0.1) is 0 Å². The van der Waals surface area contributed by atoms with Gasteiger partial charge in [0.25, 0.3) is 0 Å². The highest BCUT2D eigenvalue weighted by Crippen LogP contribution is 2.24. The number of benzene rings is 2. The molecule has 0 bridgehead atoms. The van der Waals surface area contributed by atoms with E-state index in [-0.39, 0.29) is 16.8 Å². The molecule has 2 aromatic rings. The van der Waals surface area contributed by atoms with Crippen LogP contribution in [0.25, 0.3) is 0 Å². The molecule has 0 radical (unpaired) electrons. The van der Waals surface area contributed by atoms with Gasteiger partial charge in [-0.1, -0.05) is 43.3 Å². The van der Waals surface area contributed by atoms with Crippen LogP contribution in [0.3, 0.4) is 0 Å². The fourth-order valence-electron chi connectivity index (χ4n) is 3.24. The van der Waals surface area contributed by atoms with Crippen molar-refractivity contribution in [3.8, 4) is 0 Å². The van der Waals surface area contributed by atoms with Crippen molar-refractivity contribution in [2.75, 3.05) is 6.54 Å². The molecule has 6 heteroatoms. The molecule has 0 aromatic heterocycles. The molecule has 0 spiro atoms. The van der Waals surface area contributed by atoms with Crippen molar-refractivity contribution in [2.24, 2.45) is 0 Å². The molecule has 1 aliphatic rings. The van der Waals surface area contributed by atoms with E-state index in [1.807, 2.05) is 55.1 Å². The summed E-state index contributed by atoms with van der Waals surface area (Å²) in [5.74, 6) is 0.130. The van der Waals surface area contributed by atoms with Crippen LogP contribution in [-0.2, 0) is 27.8 Å². The van der Waals surface area contributed by atoms with Crippen LogP contribution < -0.4 is 4.72 Å². The molecule has 1 amide bonds. The van der Waals surface area contributed by atoms with Gasteiger partial charge >= 0.3 is 0 Å². The van der Waals surface area contributed by atoms with E-state index in [1.54, 1.807) is 12.1 Å². The Bertz CT molecular complexity index is 895. The molecule has 1 unspecified atom stereocenters. The molecule has 26 heavy (non-hydrogen) atoms. The smallest absolute Gasteiger partial charge is 0.241 e. The van der Waals surface area contributed by atoms with Gasteiger partial charge in [0.2, 0.25) is 15.9 Å². The zero-order valence-electron chi connectivity index (χ0n) is 15.1. The minimum Gasteiger partial charge on any atom is -0.338 e. The molecule has 1 heterocycles. The van der Waals surface area contributed by atoms with Crippen LogP contribution in [0.5, 0.6) is 0 Å². The van der Waals surface area contributed by atoms with Gasteiger partial charge in [0, 0.05) is 25.6 Å². The summed E-state index contributed by atoms with van der Waals surface area (Å²) >= 11 is 0. The minimum absolute atomic E-state index is 0.130. The molecule has 1 aliphatic heterocycles. The average Bonchev–Trinajstić information content (AvgIpc) is 2.66. The van der Waals surface area contributed by atoms with E-state index in [0.717, 1.165) is 16.7 Å². The van der Waals surface area contributed by atoms with Crippen molar-refractivity contribution in [3.63, 3.8) is 0 Å². The SMILES string of the molecule is CCC(=O)N1CCc2cc(S(=O)(=O)NC(C)c3ccccc3)ccc2C1.